The van der Waals surface area contributed by atoms with E-state index >= 15 is 0 Å². The molecule has 1 saturated heterocycles. The van der Waals surface area contributed by atoms with Crippen LogP contribution in [-0.2, 0) is 5.33 Å². The highest BCUT2D eigenvalue weighted by Crippen LogP contribution is 2.29. The van der Waals surface area contributed by atoms with Crippen LogP contribution in [0, 0.1) is 5.82 Å². The van der Waals surface area contributed by atoms with Crippen molar-refractivity contribution in [3.63, 3.8) is 0 Å². The van der Waals surface area contributed by atoms with Crippen LogP contribution in [0.2, 0.25) is 0 Å². The maximum absolute atomic E-state index is 13.6. The monoisotopic (exact) mass is 257 g/mol. The Hall–Kier alpha value is -0.570. The lowest BCUT2D eigenvalue weighted by atomic mass is 10.2. The first-order valence-corrected chi connectivity index (χ1v) is 6.03. The summed E-state index contributed by atoms with van der Waals surface area (Å²) in [5.41, 5.74) is 1.84. The first-order chi connectivity index (χ1) is 6.83. The molecule has 1 aromatic carbocycles. The second-order valence-electron chi connectivity index (χ2n) is 3.58. The zero-order chi connectivity index (χ0) is 9.97. The summed E-state index contributed by atoms with van der Waals surface area (Å²) in [6, 6.07) is 5.29. The molecule has 1 aliphatic rings. The summed E-state index contributed by atoms with van der Waals surface area (Å²) in [5.74, 6) is -0.0937. The zero-order valence-electron chi connectivity index (χ0n) is 7.97. The van der Waals surface area contributed by atoms with Crippen molar-refractivity contribution in [2.24, 2.45) is 0 Å². The summed E-state index contributed by atoms with van der Waals surface area (Å²) < 4.78 is 13.6. The number of hydrogen-bond donors (Lipinski definition) is 0. The Labute approximate surface area is 92.0 Å². The van der Waals surface area contributed by atoms with Gasteiger partial charge in [-0.1, -0.05) is 28.1 Å². The van der Waals surface area contributed by atoms with Crippen LogP contribution >= 0.6 is 15.9 Å². The van der Waals surface area contributed by atoms with Crippen molar-refractivity contribution in [3.8, 4) is 0 Å². The van der Waals surface area contributed by atoms with E-state index in [9.17, 15) is 4.39 Å². The van der Waals surface area contributed by atoms with Gasteiger partial charge in [0, 0.05) is 18.4 Å². The van der Waals surface area contributed by atoms with Crippen LogP contribution in [0.4, 0.5) is 10.1 Å². The molecular formula is C11H13BrFN. The van der Waals surface area contributed by atoms with Gasteiger partial charge in [0.15, 0.2) is 0 Å². The van der Waals surface area contributed by atoms with Gasteiger partial charge in [-0.15, -0.1) is 0 Å². The predicted molar refractivity (Wildman–Crippen MR) is 60.5 cm³/mol. The number of benzene rings is 1. The van der Waals surface area contributed by atoms with Gasteiger partial charge in [0.1, 0.15) is 5.82 Å². The molecule has 3 heteroatoms. The van der Waals surface area contributed by atoms with Gasteiger partial charge in [0.25, 0.3) is 0 Å². The number of halogens is 2. The van der Waals surface area contributed by atoms with Gasteiger partial charge in [0.05, 0.1) is 5.69 Å². The molecule has 0 N–H and O–H groups in total. The molecule has 0 atom stereocenters. The van der Waals surface area contributed by atoms with Crippen LogP contribution in [-0.4, -0.2) is 13.1 Å². The van der Waals surface area contributed by atoms with Crippen LogP contribution in [0.15, 0.2) is 18.2 Å². The highest BCUT2D eigenvalue weighted by Gasteiger charge is 2.18. The van der Waals surface area contributed by atoms with Crippen molar-refractivity contribution in [1.29, 1.82) is 0 Å². The summed E-state index contributed by atoms with van der Waals surface area (Å²) in [7, 11) is 0. The normalized spacial score (nSPS) is 16.3. The molecule has 0 aromatic heterocycles. The Morgan fingerprint density at radius 2 is 2.00 bits per heavy atom. The molecule has 0 aliphatic carbocycles. The molecule has 14 heavy (non-hydrogen) atoms. The second kappa shape index (κ2) is 4.30. The number of rotatable bonds is 2. The van der Waals surface area contributed by atoms with E-state index in [4.69, 9.17) is 0 Å². The summed E-state index contributed by atoms with van der Waals surface area (Å²) in [6.07, 6.45) is 2.35. The van der Waals surface area contributed by atoms with Crippen molar-refractivity contribution in [2.75, 3.05) is 18.0 Å². The van der Waals surface area contributed by atoms with E-state index < -0.39 is 0 Å². The fourth-order valence-corrected chi connectivity index (χ4v) is 2.42. The first kappa shape index (κ1) is 9.97. The Morgan fingerprint density at radius 3 is 2.64 bits per heavy atom. The van der Waals surface area contributed by atoms with E-state index in [0.29, 0.717) is 0 Å². The zero-order valence-corrected chi connectivity index (χ0v) is 9.56. The van der Waals surface area contributed by atoms with Crippen molar-refractivity contribution in [1.82, 2.24) is 0 Å². The summed E-state index contributed by atoms with van der Waals surface area (Å²) in [6.45, 7) is 1.97. The van der Waals surface area contributed by atoms with Crippen LogP contribution in [0.5, 0.6) is 0 Å². The number of hydrogen-bond acceptors (Lipinski definition) is 1. The summed E-state index contributed by atoms with van der Waals surface area (Å²) in [5, 5.41) is 0.719. The van der Waals surface area contributed by atoms with Gasteiger partial charge < -0.3 is 4.90 Å². The van der Waals surface area contributed by atoms with Gasteiger partial charge in [-0.05, 0) is 24.5 Å². The Morgan fingerprint density at radius 1 is 1.29 bits per heavy atom. The molecule has 0 bridgehead atoms. The highest BCUT2D eigenvalue weighted by atomic mass is 79.9. The maximum Gasteiger partial charge on any atom is 0.146 e. The van der Waals surface area contributed by atoms with E-state index in [2.05, 4.69) is 20.8 Å². The predicted octanol–water partition coefficient (Wildman–Crippen LogP) is 3.32. The molecule has 1 nitrogen and oxygen atoms in total. The molecular weight excluding hydrogens is 245 g/mol. The van der Waals surface area contributed by atoms with Crippen molar-refractivity contribution >= 4 is 21.6 Å². The molecule has 76 valence electrons. The van der Waals surface area contributed by atoms with E-state index in [1.807, 2.05) is 6.07 Å². The van der Waals surface area contributed by atoms with Crippen LogP contribution in [0.25, 0.3) is 0 Å². The van der Waals surface area contributed by atoms with Gasteiger partial charge in [0.2, 0.25) is 0 Å². The molecule has 2 rings (SSSR count). The molecule has 0 unspecified atom stereocenters. The fraction of sp³-hybridized carbons (Fsp3) is 0.455. The maximum atomic E-state index is 13.6. The molecule has 1 heterocycles. The van der Waals surface area contributed by atoms with Crippen LogP contribution in [0.1, 0.15) is 18.4 Å². The standard InChI is InChI=1S/C11H13BrFN/c12-8-9-4-3-5-10(13)11(9)14-6-1-2-7-14/h3-5H,1-2,6-8H2. The molecule has 0 amide bonds. The highest BCUT2D eigenvalue weighted by molar-refractivity contribution is 9.08. The van der Waals surface area contributed by atoms with Crippen LogP contribution < -0.4 is 4.90 Å². The third-order valence-electron chi connectivity index (χ3n) is 2.64. The quantitative estimate of drug-likeness (QED) is 0.735. The number of nitrogens with zero attached hydrogens (tertiary/aromatic N) is 1. The van der Waals surface area contributed by atoms with Crippen LogP contribution in [0.3, 0.4) is 0 Å². The SMILES string of the molecule is Fc1cccc(CBr)c1N1CCCC1. The smallest absolute Gasteiger partial charge is 0.146 e. The van der Waals surface area contributed by atoms with Crippen molar-refractivity contribution in [3.05, 3.63) is 29.6 Å². The van der Waals surface area contributed by atoms with Gasteiger partial charge >= 0.3 is 0 Å². The van der Waals surface area contributed by atoms with Gasteiger partial charge in [-0.2, -0.15) is 0 Å². The lowest BCUT2D eigenvalue weighted by Crippen LogP contribution is -2.20. The number of para-hydroxylation sites is 1. The largest absolute Gasteiger partial charge is 0.369 e. The lowest BCUT2D eigenvalue weighted by molar-refractivity contribution is 0.621. The van der Waals surface area contributed by atoms with Gasteiger partial charge in [-0.3, -0.25) is 0 Å². The minimum Gasteiger partial charge on any atom is -0.369 e. The third-order valence-corrected chi connectivity index (χ3v) is 3.24. The third kappa shape index (κ3) is 1.78. The molecule has 1 fully saturated rings. The van der Waals surface area contributed by atoms with Crippen molar-refractivity contribution < 1.29 is 4.39 Å². The Balaban J connectivity index is 2.37. The number of anilines is 1. The minimum atomic E-state index is -0.0937. The van der Waals surface area contributed by atoms with E-state index in [-0.39, 0.29) is 5.82 Å². The average Bonchev–Trinajstić information content (AvgIpc) is 2.70. The molecule has 0 saturated carbocycles. The molecule has 1 aromatic rings. The Bertz CT molecular complexity index is 321. The molecule has 1 aliphatic heterocycles. The average molecular weight is 258 g/mol. The number of alkyl halides is 1. The fourth-order valence-electron chi connectivity index (χ4n) is 1.96. The molecule has 0 radical (unpaired) electrons. The summed E-state index contributed by atoms with van der Waals surface area (Å²) in [4.78, 5) is 2.14. The van der Waals surface area contributed by atoms with Gasteiger partial charge in [-0.25, -0.2) is 4.39 Å². The van der Waals surface area contributed by atoms with E-state index in [0.717, 1.165) is 29.7 Å². The minimum absolute atomic E-state index is 0.0937. The Kier molecular flexibility index (Phi) is 3.06. The molecule has 0 spiro atoms. The van der Waals surface area contributed by atoms with E-state index in [1.165, 1.54) is 12.8 Å². The second-order valence-corrected chi connectivity index (χ2v) is 4.14. The first-order valence-electron chi connectivity index (χ1n) is 4.91. The topological polar surface area (TPSA) is 3.24 Å². The summed E-state index contributed by atoms with van der Waals surface area (Å²) >= 11 is 3.40. The van der Waals surface area contributed by atoms with Crippen molar-refractivity contribution in [2.45, 2.75) is 18.2 Å². The van der Waals surface area contributed by atoms with E-state index in [1.54, 1.807) is 12.1 Å². The lowest BCUT2D eigenvalue weighted by Gasteiger charge is -2.21.